The van der Waals surface area contributed by atoms with E-state index in [0.717, 1.165) is 19.4 Å². The third-order valence-corrected chi connectivity index (χ3v) is 4.71. The molecule has 0 radical (unpaired) electrons. The second-order valence-electron chi connectivity index (χ2n) is 6.20. The fraction of sp³-hybridized carbons (Fsp3) is 0.350. The lowest BCUT2D eigenvalue weighted by Gasteiger charge is -2.27. The number of hydrogen-bond donors (Lipinski definition) is 1. The van der Waals surface area contributed by atoms with E-state index in [1.807, 2.05) is 17.0 Å². The highest BCUT2D eigenvalue weighted by Gasteiger charge is 2.31. The van der Waals surface area contributed by atoms with Gasteiger partial charge in [-0.1, -0.05) is 24.3 Å². The molecule has 1 unspecified atom stereocenters. The molecule has 1 N–H and O–H groups in total. The molecule has 1 aliphatic heterocycles. The molecule has 25 heavy (non-hydrogen) atoms. The first-order chi connectivity index (χ1) is 12.1. The number of carbonyl (C=O) groups is 1. The lowest BCUT2D eigenvalue weighted by atomic mass is 9.99. The summed E-state index contributed by atoms with van der Waals surface area (Å²) in [4.78, 5) is 14.8. The van der Waals surface area contributed by atoms with Gasteiger partial charge in [0.2, 0.25) is 0 Å². The highest BCUT2D eigenvalue weighted by atomic mass is 16.5. The van der Waals surface area contributed by atoms with Crippen LogP contribution in [-0.2, 0) is 0 Å². The van der Waals surface area contributed by atoms with Crippen molar-refractivity contribution >= 4 is 11.7 Å². The Morgan fingerprint density at radius 3 is 2.68 bits per heavy atom. The summed E-state index contributed by atoms with van der Waals surface area (Å²) in [6.07, 6.45) is 1.99. The lowest BCUT2D eigenvalue weighted by molar-refractivity contribution is 0.207. The van der Waals surface area contributed by atoms with E-state index in [9.17, 15) is 4.79 Å². The van der Waals surface area contributed by atoms with Gasteiger partial charge in [-0.3, -0.25) is 0 Å². The summed E-state index contributed by atoms with van der Waals surface area (Å²) in [5, 5.41) is 2.98. The third kappa shape index (κ3) is 3.55. The number of hydrogen-bond acceptors (Lipinski definition) is 3. The van der Waals surface area contributed by atoms with Crippen LogP contribution < -0.4 is 14.8 Å². The number of anilines is 1. The number of nitrogens with zero attached hydrogens (tertiary/aromatic N) is 1. The fourth-order valence-electron chi connectivity index (χ4n) is 3.38. The van der Waals surface area contributed by atoms with Crippen molar-refractivity contribution in [2.24, 2.45) is 0 Å². The summed E-state index contributed by atoms with van der Waals surface area (Å²) in [6, 6.07) is 13.6. The Bertz CT molecular complexity index is 760. The van der Waals surface area contributed by atoms with Crippen molar-refractivity contribution in [1.82, 2.24) is 4.90 Å². The van der Waals surface area contributed by atoms with Crippen LogP contribution in [0.4, 0.5) is 10.5 Å². The molecule has 1 atom stereocenters. The maximum atomic E-state index is 12.9. The summed E-state index contributed by atoms with van der Waals surface area (Å²) in [7, 11) is 3.18. The van der Waals surface area contributed by atoms with E-state index in [1.54, 1.807) is 32.4 Å². The standard InChI is InChI=1S/C20H24N2O3/c1-14-7-4-5-8-16(14)18-9-6-12-22(18)20(23)21-17-11-10-15(24-2)13-19(17)25-3/h4-5,7-8,10-11,13,18H,6,9,12H2,1-3H3,(H,21,23). The molecule has 0 bridgehead atoms. The second-order valence-corrected chi connectivity index (χ2v) is 6.20. The molecule has 1 fully saturated rings. The Kier molecular flexibility index (Phi) is 5.12. The SMILES string of the molecule is COc1ccc(NC(=O)N2CCCC2c2ccccc2C)c(OC)c1. The maximum absolute atomic E-state index is 12.9. The second kappa shape index (κ2) is 7.47. The number of benzene rings is 2. The van der Waals surface area contributed by atoms with Crippen molar-refractivity contribution in [3.63, 3.8) is 0 Å². The first-order valence-corrected chi connectivity index (χ1v) is 8.49. The van der Waals surface area contributed by atoms with E-state index >= 15 is 0 Å². The van der Waals surface area contributed by atoms with Gasteiger partial charge in [0.1, 0.15) is 11.5 Å². The average molecular weight is 340 g/mol. The number of urea groups is 1. The van der Waals surface area contributed by atoms with Crippen LogP contribution in [-0.4, -0.2) is 31.7 Å². The summed E-state index contributed by atoms with van der Waals surface area (Å²) in [5.41, 5.74) is 3.08. The number of rotatable bonds is 4. The molecule has 3 rings (SSSR count). The Hall–Kier alpha value is -2.69. The number of methoxy groups -OCH3 is 2. The maximum Gasteiger partial charge on any atom is 0.322 e. The summed E-state index contributed by atoms with van der Waals surface area (Å²) < 4.78 is 10.6. The molecule has 0 aliphatic carbocycles. The third-order valence-electron chi connectivity index (χ3n) is 4.71. The Labute approximate surface area is 148 Å². The van der Waals surface area contributed by atoms with E-state index in [0.29, 0.717) is 17.2 Å². The number of aryl methyl sites for hydroxylation is 1. The molecule has 2 amide bonds. The van der Waals surface area contributed by atoms with Crippen LogP contribution in [0.3, 0.4) is 0 Å². The zero-order valence-corrected chi connectivity index (χ0v) is 14.9. The van der Waals surface area contributed by atoms with Crippen LogP contribution in [0.1, 0.15) is 30.0 Å². The van der Waals surface area contributed by atoms with Crippen LogP contribution in [0.5, 0.6) is 11.5 Å². The molecule has 2 aromatic carbocycles. The van der Waals surface area contributed by atoms with Crippen molar-refractivity contribution in [3.05, 3.63) is 53.6 Å². The lowest BCUT2D eigenvalue weighted by Crippen LogP contribution is -2.34. The normalized spacial score (nSPS) is 16.6. The van der Waals surface area contributed by atoms with Gasteiger partial charge in [-0.05, 0) is 43.0 Å². The summed E-state index contributed by atoms with van der Waals surface area (Å²) >= 11 is 0. The van der Waals surface area contributed by atoms with Gasteiger partial charge in [-0.2, -0.15) is 0 Å². The van der Waals surface area contributed by atoms with Crippen LogP contribution in [0.2, 0.25) is 0 Å². The van der Waals surface area contributed by atoms with Crippen molar-refractivity contribution in [1.29, 1.82) is 0 Å². The van der Waals surface area contributed by atoms with E-state index < -0.39 is 0 Å². The van der Waals surface area contributed by atoms with Gasteiger partial charge >= 0.3 is 6.03 Å². The molecule has 1 heterocycles. The van der Waals surface area contributed by atoms with Gasteiger partial charge in [0.05, 0.1) is 25.9 Å². The van der Waals surface area contributed by atoms with Gasteiger partial charge in [0.25, 0.3) is 0 Å². The average Bonchev–Trinajstić information content (AvgIpc) is 3.12. The number of amides is 2. The zero-order chi connectivity index (χ0) is 17.8. The number of nitrogens with one attached hydrogen (secondary N) is 1. The van der Waals surface area contributed by atoms with E-state index in [1.165, 1.54) is 11.1 Å². The highest BCUT2D eigenvalue weighted by Crippen LogP contribution is 2.35. The number of likely N-dealkylation sites (tertiary alicyclic amines) is 1. The molecule has 0 aromatic heterocycles. The minimum Gasteiger partial charge on any atom is -0.497 e. The largest absolute Gasteiger partial charge is 0.497 e. The molecular weight excluding hydrogens is 316 g/mol. The first-order valence-electron chi connectivity index (χ1n) is 8.49. The summed E-state index contributed by atoms with van der Waals surface area (Å²) in [5.74, 6) is 1.27. The van der Waals surface area contributed by atoms with Crippen molar-refractivity contribution < 1.29 is 14.3 Å². The van der Waals surface area contributed by atoms with E-state index in [4.69, 9.17) is 9.47 Å². The Morgan fingerprint density at radius 2 is 1.96 bits per heavy atom. The Balaban J connectivity index is 1.80. The molecule has 132 valence electrons. The van der Waals surface area contributed by atoms with Crippen molar-refractivity contribution in [2.45, 2.75) is 25.8 Å². The molecule has 1 aliphatic rings. The fourth-order valence-corrected chi connectivity index (χ4v) is 3.38. The van der Waals surface area contributed by atoms with Crippen molar-refractivity contribution in [2.75, 3.05) is 26.1 Å². The first kappa shape index (κ1) is 17.1. The van der Waals surface area contributed by atoms with Crippen LogP contribution in [0.15, 0.2) is 42.5 Å². The highest BCUT2D eigenvalue weighted by molar-refractivity contribution is 5.91. The van der Waals surface area contributed by atoms with Crippen LogP contribution in [0, 0.1) is 6.92 Å². The number of carbonyl (C=O) groups excluding carboxylic acids is 1. The zero-order valence-electron chi connectivity index (χ0n) is 14.9. The molecule has 2 aromatic rings. The Morgan fingerprint density at radius 1 is 1.16 bits per heavy atom. The van der Waals surface area contributed by atoms with E-state index in [-0.39, 0.29) is 12.1 Å². The molecular formula is C20H24N2O3. The molecule has 0 spiro atoms. The molecule has 5 nitrogen and oxygen atoms in total. The predicted molar refractivity (Wildman–Crippen MR) is 98.4 cm³/mol. The monoisotopic (exact) mass is 340 g/mol. The van der Waals surface area contributed by atoms with Crippen molar-refractivity contribution in [3.8, 4) is 11.5 Å². The van der Waals surface area contributed by atoms with Crippen LogP contribution in [0.25, 0.3) is 0 Å². The minimum absolute atomic E-state index is 0.103. The molecule has 1 saturated heterocycles. The summed E-state index contributed by atoms with van der Waals surface area (Å²) in [6.45, 7) is 2.85. The van der Waals surface area contributed by atoms with Gasteiger partial charge in [0, 0.05) is 12.6 Å². The van der Waals surface area contributed by atoms with E-state index in [2.05, 4.69) is 24.4 Å². The van der Waals surface area contributed by atoms with Crippen LogP contribution >= 0.6 is 0 Å². The molecule has 0 saturated carbocycles. The number of ether oxygens (including phenoxy) is 2. The predicted octanol–water partition coefficient (Wildman–Crippen LogP) is 4.38. The topological polar surface area (TPSA) is 50.8 Å². The quantitative estimate of drug-likeness (QED) is 0.898. The minimum atomic E-state index is -0.103. The van der Waals surface area contributed by atoms with Gasteiger partial charge < -0.3 is 19.7 Å². The smallest absolute Gasteiger partial charge is 0.322 e. The van der Waals surface area contributed by atoms with Gasteiger partial charge in [-0.15, -0.1) is 0 Å². The molecule has 5 heteroatoms. The van der Waals surface area contributed by atoms with Gasteiger partial charge in [-0.25, -0.2) is 4.79 Å². The van der Waals surface area contributed by atoms with Gasteiger partial charge in [0.15, 0.2) is 0 Å².